The second kappa shape index (κ2) is 4.91. The van der Waals surface area contributed by atoms with Gasteiger partial charge in [-0.05, 0) is 31.8 Å². The average Bonchev–Trinajstić information content (AvgIpc) is 2.08. The topological polar surface area (TPSA) is 29.3 Å². The second-order valence-electron chi connectivity index (χ2n) is 4.29. The molecule has 0 aliphatic carbocycles. The highest BCUT2D eigenvalue weighted by molar-refractivity contribution is 7.80. The zero-order valence-corrected chi connectivity index (χ0v) is 9.44. The van der Waals surface area contributed by atoms with E-state index >= 15 is 0 Å². The van der Waals surface area contributed by atoms with Gasteiger partial charge in [0.1, 0.15) is 0 Å². The molecule has 1 unspecified atom stereocenters. The molecule has 76 valence electrons. The standard InChI is InChI=1S/C10H20N2S/c1-8-3-5-12(6-4-8)7-9(2)10(11)13/h8-9H,3-7H2,1-2H3,(H2,11,13). The molecule has 13 heavy (non-hydrogen) atoms. The van der Waals surface area contributed by atoms with Crippen molar-refractivity contribution in [1.82, 2.24) is 4.90 Å². The summed E-state index contributed by atoms with van der Waals surface area (Å²) >= 11 is 4.96. The molecule has 0 saturated carbocycles. The van der Waals surface area contributed by atoms with Gasteiger partial charge in [-0.3, -0.25) is 0 Å². The number of piperidine rings is 1. The van der Waals surface area contributed by atoms with Crippen molar-refractivity contribution in [3.05, 3.63) is 0 Å². The average molecular weight is 200 g/mol. The molecule has 0 radical (unpaired) electrons. The maximum absolute atomic E-state index is 5.59. The van der Waals surface area contributed by atoms with Gasteiger partial charge in [0.2, 0.25) is 0 Å². The molecule has 0 amide bonds. The van der Waals surface area contributed by atoms with Crippen molar-refractivity contribution in [2.75, 3.05) is 19.6 Å². The number of thiocarbonyl (C=S) groups is 1. The molecule has 1 aliphatic heterocycles. The van der Waals surface area contributed by atoms with Crippen molar-refractivity contribution < 1.29 is 0 Å². The summed E-state index contributed by atoms with van der Waals surface area (Å²) in [5, 5.41) is 0. The molecule has 0 aromatic heterocycles. The van der Waals surface area contributed by atoms with Gasteiger partial charge in [0.15, 0.2) is 0 Å². The predicted octanol–water partition coefficient (Wildman–Crippen LogP) is 1.64. The molecular formula is C10H20N2S. The number of nitrogens with two attached hydrogens (primary N) is 1. The molecule has 0 bridgehead atoms. The minimum atomic E-state index is 0.364. The Morgan fingerprint density at radius 2 is 2.08 bits per heavy atom. The third-order valence-electron chi connectivity index (χ3n) is 2.89. The summed E-state index contributed by atoms with van der Waals surface area (Å²) in [4.78, 5) is 3.13. The Kier molecular flexibility index (Phi) is 4.13. The van der Waals surface area contributed by atoms with E-state index < -0.39 is 0 Å². The maximum Gasteiger partial charge on any atom is 0.0768 e. The third-order valence-corrected chi connectivity index (χ3v) is 3.30. The first-order valence-electron chi connectivity index (χ1n) is 5.11. The fourth-order valence-electron chi connectivity index (χ4n) is 1.72. The smallest absolute Gasteiger partial charge is 0.0768 e. The first kappa shape index (κ1) is 10.9. The first-order valence-corrected chi connectivity index (χ1v) is 5.52. The largest absolute Gasteiger partial charge is 0.393 e. The lowest BCUT2D eigenvalue weighted by Crippen LogP contribution is -2.38. The van der Waals surface area contributed by atoms with Gasteiger partial charge in [0, 0.05) is 12.5 Å². The Labute approximate surface area is 86.5 Å². The minimum absolute atomic E-state index is 0.364. The molecular weight excluding hydrogens is 180 g/mol. The fraction of sp³-hybridized carbons (Fsp3) is 0.900. The summed E-state index contributed by atoms with van der Waals surface area (Å²) in [5.74, 6) is 1.26. The summed E-state index contributed by atoms with van der Waals surface area (Å²) in [6, 6.07) is 0. The highest BCUT2D eigenvalue weighted by atomic mass is 32.1. The van der Waals surface area contributed by atoms with Crippen LogP contribution in [0.3, 0.4) is 0 Å². The van der Waals surface area contributed by atoms with Gasteiger partial charge in [-0.2, -0.15) is 0 Å². The Morgan fingerprint density at radius 1 is 1.54 bits per heavy atom. The zero-order valence-electron chi connectivity index (χ0n) is 8.62. The van der Waals surface area contributed by atoms with Crippen molar-refractivity contribution in [3.8, 4) is 0 Å². The van der Waals surface area contributed by atoms with Gasteiger partial charge in [-0.15, -0.1) is 0 Å². The van der Waals surface area contributed by atoms with E-state index in [0.29, 0.717) is 10.9 Å². The van der Waals surface area contributed by atoms with Gasteiger partial charge in [-0.1, -0.05) is 26.1 Å². The van der Waals surface area contributed by atoms with Crippen LogP contribution >= 0.6 is 12.2 Å². The van der Waals surface area contributed by atoms with Crippen LogP contribution in [0, 0.1) is 11.8 Å². The second-order valence-corrected chi connectivity index (χ2v) is 4.76. The lowest BCUT2D eigenvalue weighted by atomic mass is 9.98. The van der Waals surface area contributed by atoms with Crippen LogP contribution < -0.4 is 5.73 Å². The van der Waals surface area contributed by atoms with Gasteiger partial charge in [0.25, 0.3) is 0 Å². The van der Waals surface area contributed by atoms with Gasteiger partial charge >= 0.3 is 0 Å². The van der Waals surface area contributed by atoms with Crippen LogP contribution in [-0.2, 0) is 0 Å². The lowest BCUT2D eigenvalue weighted by Gasteiger charge is -2.31. The zero-order chi connectivity index (χ0) is 9.84. The monoisotopic (exact) mass is 200 g/mol. The molecule has 3 heteroatoms. The van der Waals surface area contributed by atoms with Crippen molar-refractivity contribution in [2.24, 2.45) is 17.6 Å². The van der Waals surface area contributed by atoms with E-state index in [2.05, 4.69) is 18.7 Å². The van der Waals surface area contributed by atoms with E-state index in [1.807, 2.05) is 0 Å². The summed E-state index contributed by atoms with van der Waals surface area (Å²) < 4.78 is 0. The number of hydrogen-bond donors (Lipinski definition) is 1. The molecule has 1 atom stereocenters. The Morgan fingerprint density at radius 3 is 2.54 bits per heavy atom. The number of hydrogen-bond acceptors (Lipinski definition) is 2. The van der Waals surface area contributed by atoms with E-state index in [4.69, 9.17) is 18.0 Å². The Hall–Kier alpha value is -0.150. The van der Waals surface area contributed by atoms with Crippen LogP contribution in [0.25, 0.3) is 0 Å². The highest BCUT2D eigenvalue weighted by Crippen LogP contribution is 2.16. The van der Waals surface area contributed by atoms with Crippen LogP contribution in [0.5, 0.6) is 0 Å². The molecule has 0 aromatic rings. The van der Waals surface area contributed by atoms with Crippen LogP contribution in [-0.4, -0.2) is 29.5 Å². The minimum Gasteiger partial charge on any atom is -0.393 e. The lowest BCUT2D eigenvalue weighted by molar-refractivity contribution is 0.183. The summed E-state index contributed by atoms with van der Waals surface area (Å²) in [5.41, 5.74) is 5.59. The third kappa shape index (κ3) is 3.61. The number of rotatable bonds is 3. The summed E-state index contributed by atoms with van der Waals surface area (Å²) in [7, 11) is 0. The van der Waals surface area contributed by atoms with Gasteiger partial charge in [-0.25, -0.2) is 0 Å². The van der Waals surface area contributed by atoms with Crippen molar-refractivity contribution in [3.63, 3.8) is 0 Å². The van der Waals surface area contributed by atoms with Gasteiger partial charge < -0.3 is 10.6 Å². The Bertz CT molecular complexity index is 174. The van der Waals surface area contributed by atoms with E-state index in [0.717, 1.165) is 12.5 Å². The van der Waals surface area contributed by atoms with Crippen LogP contribution in [0.1, 0.15) is 26.7 Å². The normalized spacial score (nSPS) is 22.9. The quantitative estimate of drug-likeness (QED) is 0.702. The maximum atomic E-state index is 5.59. The molecule has 2 N–H and O–H groups in total. The summed E-state index contributed by atoms with van der Waals surface area (Å²) in [6.07, 6.45) is 2.65. The Balaban J connectivity index is 2.26. The molecule has 1 aliphatic rings. The first-order chi connectivity index (χ1) is 6.09. The molecule has 0 spiro atoms. The molecule has 0 aromatic carbocycles. The van der Waals surface area contributed by atoms with Crippen LogP contribution in [0.4, 0.5) is 0 Å². The molecule has 1 fully saturated rings. The van der Waals surface area contributed by atoms with E-state index in [1.165, 1.54) is 25.9 Å². The van der Waals surface area contributed by atoms with E-state index in [1.54, 1.807) is 0 Å². The number of nitrogens with zero attached hydrogens (tertiary/aromatic N) is 1. The molecule has 2 nitrogen and oxygen atoms in total. The fourth-order valence-corrected chi connectivity index (χ4v) is 1.80. The molecule has 1 rings (SSSR count). The van der Waals surface area contributed by atoms with Crippen LogP contribution in [0.2, 0.25) is 0 Å². The van der Waals surface area contributed by atoms with Crippen molar-refractivity contribution in [1.29, 1.82) is 0 Å². The molecule has 1 heterocycles. The molecule has 1 saturated heterocycles. The number of likely N-dealkylation sites (tertiary alicyclic amines) is 1. The van der Waals surface area contributed by atoms with Crippen molar-refractivity contribution >= 4 is 17.2 Å². The van der Waals surface area contributed by atoms with Crippen LogP contribution in [0.15, 0.2) is 0 Å². The van der Waals surface area contributed by atoms with Crippen molar-refractivity contribution in [2.45, 2.75) is 26.7 Å². The van der Waals surface area contributed by atoms with E-state index in [-0.39, 0.29) is 0 Å². The predicted molar refractivity (Wildman–Crippen MR) is 60.8 cm³/mol. The van der Waals surface area contributed by atoms with E-state index in [9.17, 15) is 0 Å². The summed E-state index contributed by atoms with van der Waals surface area (Å²) in [6.45, 7) is 7.92. The van der Waals surface area contributed by atoms with Gasteiger partial charge in [0.05, 0.1) is 4.99 Å². The highest BCUT2D eigenvalue weighted by Gasteiger charge is 2.18. The SMILES string of the molecule is CC1CCN(CC(C)C(N)=S)CC1.